The molecule has 4 rings (SSSR count). The van der Waals surface area contributed by atoms with Gasteiger partial charge in [-0.25, -0.2) is 4.79 Å². The Kier molecular flexibility index (Phi) is 7.67. The normalized spacial score (nSPS) is 19.7. The fraction of sp³-hybridized carbons (Fsp3) is 0.423. The molecule has 2 heterocycles. The van der Waals surface area contributed by atoms with Gasteiger partial charge in [-0.2, -0.15) is 0 Å². The first-order chi connectivity index (χ1) is 16.6. The van der Waals surface area contributed by atoms with E-state index in [4.69, 9.17) is 9.47 Å². The van der Waals surface area contributed by atoms with Gasteiger partial charge in [-0.3, -0.25) is 9.59 Å². The number of nitrogens with one attached hydrogen (secondary N) is 1. The third kappa shape index (κ3) is 5.50. The summed E-state index contributed by atoms with van der Waals surface area (Å²) in [4.78, 5) is 42.4. The zero-order valence-electron chi connectivity index (χ0n) is 19.4. The summed E-state index contributed by atoms with van der Waals surface area (Å²) in [5, 5.41) is 2.92. The summed E-state index contributed by atoms with van der Waals surface area (Å²) in [6.45, 7) is 1.36. The van der Waals surface area contributed by atoms with E-state index in [-0.39, 0.29) is 24.3 Å². The number of amides is 3. The van der Waals surface area contributed by atoms with Crippen molar-refractivity contribution in [2.24, 2.45) is 0 Å². The van der Waals surface area contributed by atoms with Crippen LogP contribution in [0.1, 0.15) is 31.2 Å². The zero-order valence-corrected chi connectivity index (χ0v) is 19.4. The number of Topliss-reactive ketones (excluding diaryl/α,β-unsaturated/α-hetero) is 1. The summed E-state index contributed by atoms with van der Waals surface area (Å²) in [5.41, 5.74) is 1.000. The second-order valence-corrected chi connectivity index (χ2v) is 8.62. The average Bonchev–Trinajstić information content (AvgIpc) is 3.57. The molecule has 2 atom stereocenters. The van der Waals surface area contributed by atoms with Crippen molar-refractivity contribution in [2.45, 2.75) is 44.3 Å². The molecule has 0 radical (unpaired) electrons. The van der Waals surface area contributed by atoms with E-state index in [1.165, 1.54) is 0 Å². The molecule has 2 saturated heterocycles. The van der Waals surface area contributed by atoms with Gasteiger partial charge in [0.2, 0.25) is 5.91 Å². The van der Waals surface area contributed by atoms with Crippen LogP contribution in [0.4, 0.5) is 4.79 Å². The highest BCUT2D eigenvalue weighted by atomic mass is 16.5. The smallest absolute Gasteiger partial charge is 0.318 e. The van der Waals surface area contributed by atoms with Gasteiger partial charge in [0, 0.05) is 19.6 Å². The van der Waals surface area contributed by atoms with Gasteiger partial charge in [0.1, 0.15) is 24.1 Å². The van der Waals surface area contributed by atoms with Crippen LogP contribution in [0, 0.1) is 0 Å². The second kappa shape index (κ2) is 11.0. The van der Waals surface area contributed by atoms with Crippen LogP contribution in [-0.2, 0) is 16.1 Å². The number of carbonyl (C=O) groups excluding carboxylic acids is 3. The number of benzene rings is 2. The number of ketones is 1. The summed E-state index contributed by atoms with van der Waals surface area (Å²) in [5.74, 6) is 1.01. The van der Waals surface area contributed by atoms with E-state index >= 15 is 0 Å². The van der Waals surface area contributed by atoms with Gasteiger partial charge in [-0.1, -0.05) is 30.3 Å². The number of likely N-dealkylation sites (tertiary alicyclic amines) is 2. The van der Waals surface area contributed by atoms with Gasteiger partial charge in [0.05, 0.1) is 13.2 Å². The summed E-state index contributed by atoms with van der Waals surface area (Å²) < 4.78 is 10.8. The third-order valence-corrected chi connectivity index (χ3v) is 6.43. The Morgan fingerprint density at radius 1 is 0.882 bits per heavy atom. The first kappa shape index (κ1) is 23.6. The number of urea groups is 1. The third-order valence-electron chi connectivity index (χ3n) is 6.43. The Hall–Kier alpha value is -3.55. The minimum atomic E-state index is -0.535. The van der Waals surface area contributed by atoms with Crippen LogP contribution in [0.25, 0.3) is 0 Å². The van der Waals surface area contributed by atoms with Crippen LogP contribution in [0.15, 0.2) is 54.6 Å². The SMILES string of the molecule is COc1ccc(OCC(=O)C2CCCN2C(=O)[C@@H]2CCCN2C(=O)NCc2ccccc2)cc1. The van der Waals surface area contributed by atoms with Crippen molar-refractivity contribution in [1.29, 1.82) is 0 Å². The molecule has 2 fully saturated rings. The molecule has 2 aromatic carbocycles. The van der Waals surface area contributed by atoms with E-state index in [0.717, 1.165) is 18.4 Å². The Morgan fingerprint density at radius 2 is 1.53 bits per heavy atom. The van der Waals surface area contributed by atoms with E-state index in [9.17, 15) is 14.4 Å². The van der Waals surface area contributed by atoms with Crippen molar-refractivity contribution in [3.05, 3.63) is 60.2 Å². The highest BCUT2D eigenvalue weighted by Crippen LogP contribution is 2.26. The summed E-state index contributed by atoms with van der Waals surface area (Å²) in [7, 11) is 1.59. The summed E-state index contributed by atoms with van der Waals surface area (Å²) in [6.07, 6.45) is 2.75. The standard InChI is InChI=1S/C26H31N3O5/c1-33-20-11-13-21(14-12-20)34-18-24(30)22-9-5-15-28(22)25(31)23-10-6-16-29(23)26(32)27-17-19-7-3-2-4-8-19/h2-4,7-8,11-14,22-23H,5-6,9-10,15-18H2,1H3,(H,27,32)/t22?,23-/m0/s1. The maximum atomic E-state index is 13.4. The Labute approximate surface area is 199 Å². The lowest BCUT2D eigenvalue weighted by Gasteiger charge is -2.31. The number of ether oxygens (including phenoxy) is 2. The number of hydrogen-bond donors (Lipinski definition) is 1. The lowest BCUT2D eigenvalue weighted by Crippen LogP contribution is -2.53. The van der Waals surface area contributed by atoms with Gasteiger partial charge in [0.25, 0.3) is 0 Å². The van der Waals surface area contributed by atoms with Crippen LogP contribution in [0.3, 0.4) is 0 Å². The average molecular weight is 466 g/mol. The Balaban J connectivity index is 1.33. The highest BCUT2D eigenvalue weighted by Gasteiger charge is 2.42. The van der Waals surface area contributed by atoms with Crippen LogP contribution in [0.2, 0.25) is 0 Å². The van der Waals surface area contributed by atoms with Crippen LogP contribution >= 0.6 is 0 Å². The monoisotopic (exact) mass is 465 g/mol. The number of rotatable bonds is 8. The van der Waals surface area contributed by atoms with E-state index in [1.807, 2.05) is 30.3 Å². The predicted octanol–water partition coefficient (Wildman–Crippen LogP) is 3.01. The van der Waals surface area contributed by atoms with E-state index in [1.54, 1.807) is 41.2 Å². The van der Waals surface area contributed by atoms with Crippen LogP contribution in [0.5, 0.6) is 11.5 Å². The van der Waals surface area contributed by atoms with Crippen molar-refractivity contribution in [1.82, 2.24) is 15.1 Å². The molecule has 2 aliphatic heterocycles. The number of carbonyl (C=O) groups is 3. The van der Waals surface area contributed by atoms with Crippen molar-refractivity contribution in [3.63, 3.8) is 0 Å². The molecular weight excluding hydrogens is 434 g/mol. The first-order valence-electron chi connectivity index (χ1n) is 11.8. The van der Waals surface area contributed by atoms with Crippen molar-refractivity contribution in [2.75, 3.05) is 26.8 Å². The quantitative estimate of drug-likeness (QED) is 0.648. The minimum absolute atomic E-state index is 0.104. The Bertz CT molecular complexity index is 995. The molecule has 1 N–H and O–H groups in total. The zero-order chi connectivity index (χ0) is 23.9. The molecule has 1 unspecified atom stereocenters. The van der Waals surface area contributed by atoms with Crippen LogP contribution in [-0.4, -0.2) is 66.4 Å². The van der Waals surface area contributed by atoms with Gasteiger partial charge >= 0.3 is 6.03 Å². The molecule has 3 amide bonds. The molecule has 0 bridgehead atoms. The van der Waals surface area contributed by atoms with Gasteiger partial charge < -0.3 is 24.6 Å². The lowest BCUT2D eigenvalue weighted by molar-refractivity contribution is -0.141. The van der Waals surface area contributed by atoms with E-state index in [0.29, 0.717) is 44.0 Å². The van der Waals surface area contributed by atoms with Gasteiger partial charge in [-0.15, -0.1) is 0 Å². The van der Waals surface area contributed by atoms with E-state index < -0.39 is 12.1 Å². The molecule has 0 aliphatic carbocycles. The van der Waals surface area contributed by atoms with Gasteiger partial charge in [-0.05, 0) is 55.5 Å². The maximum Gasteiger partial charge on any atom is 0.318 e. The molecule has 8 heteroatoms. The number of nitrogens with zero attached hydrogens (tertiary/aromatic N) is 2. The number of hydrogen-bond acceptors (Lipinski definition) is 5. The molecule has 0 spiro atoms. The van der Waals surface area contributed by atoms with Crippen molar-refractivity contribution < 1.29 is 23.9 Å². The second-order valence-electron chi connectivity index (χ2n) is 8.62. The molecule has 2 aliphatic rings. The van der Waals surface area contributed by atoms with Crippen LogP contribution < -0.4 is 14.8 Å². The maximum absolute atomic E-state index is 13.4. The summed E-state index contributed by atoms with van der Waals surface area (Å²) in [6, 6.07) is 15.4. The molecule has 34 heavy (non-hydrogen) atoms. The van der Waals surface area contributed by atoms with E-state index in [2.05, 4.69) is 5.32 Å². The summed E-state index contributed by atoms with van der Waals surface area (Å²) >= 11 is 0. The minimum Gasteiger partial charge on any atom is -0.497 e. The van der Waals surface area contributed by atoms with Gasteiger partial charge in [0.15, 0.2) is 5.78 Å². The molecular formula is C26H31N3O5. The molecule has 0 saturated carbocycles. The highest BCUT2D eigenvalue weighted by molar-refractivity contribution is 5.94. The van der Waals surface area contributed by atoms with Crippen molar-refractivity contribution >= 4 is 17.7 Å². The molecule has 2 aromatic rings. The molecule has 0 aromatic heterocycles. The molecule has 180 valence electrons. The molecule has 8 nitrogen and oxygen atoms in total. The predicted molar refractivity (Wildman–Crippen MR) is 127 cm³/mol. The fourth-order valence-electron chi connectivity index (χ4n) is 4.62. The largest absolute Gasteiger partial charge is 0.497 e. The first-order valence-corrected chi connectivity index (χ1v) is 11.8. The number of methoxy groups -OCH3 is 1. The van der Waals surface area contributed by atoms with Crippen molar-refractivity contribution in [3.8, 4) is 11.5 Å². The lowest BCUT2D eigenvalue weighted by atomic mass is 10.1. The Morgan fingerprint density at radius 3 is 2.24 bits per heavy atom. The topological polar surface area (TPSA) is 88.2 Å². The fourth-order valence-corrected chi connectivity index (χ4v) is 4.62.